The van der Waals surface area contributed by atoms with Crippen molar-refractivity contribution in [2.24, 2.45) is 5.92 Å². The van der Waals surface area contributed by atoms with Crippen molar-refractivity contribution in [3.05, 3.63) is 102 Å². The van der Waals surface area contributed by atoms with Gasteiger partial charge in [-0.05, 0) is 66.6 Å². The number of H-pyrrole nitrogens is 1. The van der Waals surface area contributed by atoms with Gasteiger partial charge in [-0.25, -0.2) is 13.8 Å². The second-order valence-electron chi connectivity index (χ2n) is 10.3. The van der Waals surface area contributed by atoms with E-state index in [0.717, 1.165) is 28.0 Å². The van der Waals surface area contributed by atoms with Crippen LogP contribution in [0.5, 0.6) is 0 Å². The molecule has 0 saturated carbocycles. The fraction of sp³-hybridized carbons (Fsp3) is 0.219. The first-order valence-electron chi connectivity index (χ1n) is 13.4. The zero-order valence-electron chi connectivity index (χ0n) is 23.6. The van der Waals surface area contributed by atoms with E-state index in [1.54, 1.807) is 25.6 Å². The molecule has 5 rings (SSSR count). The lowest BCUT2D eigenvalue weighted by Gasteiger charge is -2.15. The molecule has 9 heteroatoms. The van der Waals surface area contributed by atoms with Crippen LogP contribution in [-0.2, 0) is 13.0 Å². The van der Waals surface area contributed by atoms with Crippen LogP contribution in [0.15, 0.2) is 73.3 Å². The Balaban J connectivity index is 1.51. The average Bonchev–Trinajstić information content (AvgIpc) is 3.36. The summed E-state index contributed by atoms with van der Waals surface area (Å²) in [5, 5.41) is 9.41. The number of hydrogen-bond acceptors (Lipinski definition) is 6. The van der Waals surface area contributed by atoms with Crippen molar-refractivity contribution >= 4 is 22.4 Å². The van der Waals surface area contributed by atoms with Crippen LogP contribution in [0.25, 0.3) is 33.4 Å². The highest BCUT2D eigenvalue weighted by Gasteiger charge is 2.17. The molecule has 0 aliphatic rings. The summed E-state index contributed by atoms with van der Waals surface area (Å²) in [6, 6.07) is 11.9. The Kier molecular flexibility index (Phi) is 8.07. The number of nitrogens with zero attached hydrogens (tertiary/aromatic N) is 3. The van der Waals surface area contributed by atoms with E-state index in [0.29, 0.717) is 52.4 Å². The Bertz CT molecular complexity index is 1730. The summed E-state index contributed by atoms with van der Waals surface area (Å²) in [7, 11) is 3.58. The predicted octanol–water partition coefficient (Wildman–Crippen LogP) is 6.90. The van der Waals surface area contributed by atoms with Gasteiger partial charge in [0.2, 0.25) is 0 Å². The summed E-state index contributed by atoms with van der Waals surface area (Å²) in [6.07, 6.45) is 5.42. The third-order valence-electron chi connectivity index (χ3n) is 6.93. The maximum atomic E-state index is 15.3. The molecule has 3 aromatic heterocycles. The Morgan fingerprint density at radius 2 is 1.85 bits per heavy atom. The zero-order valence-corrected chi connectivity index (χ0v) is 23.6. The van der Waals surface area contributed by atoms with Gasteiger partial charge in [0.1, 0.15) is 23.0 Å². The van der Waals surface area contributed by atoms with Crippen LogP contribution in [0, 0.1) is 17.6 Å². The number of allylic oxidation sites excluding steroid dienone is 1. The van der Waals surface area contributed by atoms with E-state index in [1.807, 2.05) is 45.2 Å². The number of imidazole rings is 1. The van der Waals surface area contributed by atoms with Crippen LogP contribution in [0.3, 0.4) is 0 Å². The summed E-state index contributed by atoms with van der Waals surface area (Å²) in [4.78, 5) is 17.1. The number of aromatic amines is 1. The van der Waals surface area contributed by atoms with Crippen LogP contribution in [0.4, 0.5) is 20.2 Å². The van der Waals surface area contributed by atoms with Crippen molar-refractivity contribution in [1.29, 1.82) is 0 Å². The van der Waals surface area contributed by atoms with Crippen LogP contribution >= 0.6 is 0 Å². The van der Waals surface area contributed by atoms with E-state index >= 15 is 4.39 Å². The van der Waals surface area contributed by atoms with Crippen molar-refractivity contribution in [1.82, 2.24) is 25.3 Å². The van der Waals surface area contributed by atoms with Gasteiger partial charge in [0.25, 0.3) is 0 Å². The molecule has 41 heavy (non-hydrogen) atoms. The minimum absolute atomic E-state index is 0.243. The topological polar surface area (TPSA) is 90.6 Å². The number of anilines is 2. The van der Waals surface area contributed by atoms with E-state index in [4.69, 9.17) is 4.98 Å². The van der Waals surface area contributed by atoms with E-state index in [-0.39, 0.29) is 17.6 Å². The average molecular weight is 554 g/mol. The Labute approximate surface area is 238 Å². The van der Waals surface area contributed by atoms with E-state index in [2.05, 4.69) is 37.5 Å². The molecular formula is C32H33F2N7. The van der Waals surface area contributed by atoms with Gasteiger partial charge in [-0.2, -0.15) is 0 Å². The molecule has 0 radical (unpaired) electrons. The lowest BCUT2D eigenvalue weighted by Crippen LogP contribution is -2.05. The first-order valence-corrected chi connectivity index (χ1v) is 13.4. The fourth-order valence-electron chi connectivity index (χ4n) is 4.76. The lowest BCUT2D eigenvalue weighted by atomic mass is 10.00. The van der Waals surface area contributed by atoms with E-state index < -0.39 is 0 Å². The molecule has 0 unspecified atom stereocenters. The first kappa shape index (κ1) is 27.9. The van der Waals surface area contributed by atoms with Crippen LogP contribution in [0.2, 0.25) is 0 Å². The monoisotopic (exact) mass is 553 g/mol. The van der Waals surface area contributed by atoms with Gasteiger partial charge in [-0.15, -0.1) is 0 Å². The quantitative estimate of drug-likeness (QED) is 0.150. The summed E-state index contributed by atoms with van der Waals surface area (Å²) >= 11 is 0. The molecule has 0 saturated heterocycles. The maximum Gasteiger partial charge on any atom is 0.133 e. The lowest BCUT2D eigenvalue weighted by molar-refractivity contribution is 0.624. The normalized spacial score (nSPS) is 11.3. The van der Waals surface area contributed by atoms with Crippen molar-refractivity contribution in [3.63, 3.8) is 0 Å². The molecule has 7 nitrogen and oxygen atoms in total. The van der Waals surface area contributed by atoms with Gasteiger partial charge in [-0.3, -0.25) is 9.97 Å². The molecule has 3 heterocycles. The molecule has 2 aromatic carbocycles. The van der Waals surface area contributed by atoms with Gasteiger partial charge in [-0.1, -0.05) is 20.4 Å². The maximum absolute atomic E-state index is 15.3. The number of nitrogens with one attached hydrogen (secondary N) is 4. The highest BCUT2D eigenvalue weighted by Crippen LogP contribution is 2.32. The SMILES string of the molecule is C=C(Nc1cncc(-c2cc(Cc3nc4c(-c5cc(F)cc(CNC)c5)nccc4[nH]3)c(NC)cc2F)c1)C(C)C. The molecule has 0 atom stereocenters. The second-order valence-corrected chi connectivity index (χ2v) is 10.3. The predicted molar refractivity (Wildman–Crippen MR) is 162 cm³/mol. The van der Waals surface area contributed by atoms with Crippen molar-refractivity contribution in [2.75, 3.05) is 24.7 Å². The molecule has 0 aliphatic carbocycles. The molecule has 210 valence electrons. The molecule has 5 aromatic rings. The summed E-state index contributed by atoms with van der Waals surface area (Å²) < 4.78 is 29.7. The smallest absolute Gasteiger partial charge is 0.133 e. The Morgan fingerprint density at radius 3 is 2.61 bits per heavy atom. The molecule has 0 fully saturated rings. The number of pyridine rings is 2. The van der Waals surface area contributed by atoms with Gasteiger partial charge >= 0.3 is 0 Å². The fourth-order valence-corrected chi connectivity index (χ4v) is 4.76. The Hall–Kier alpha value is -4.63. The third-order valence-corrected chi connectivity index (χ3v) is 6.93. The molecular weight excluding hydrogens is 520 g/mol. The van der Waals surface area contributed by atoms with Gasteiger partial charge in [0, 0.05) is 60.5 Å². The standard InChI is InChI=1S/C32H33F2N7/c1-18(2)19(3)39-25-11-23(16-37-17-25)26-12-21(29(36-5)14-27(26)34)13-30-40-28-6-7-38-31(32(28)41-30)22-8-20(15-35-4)9-24(33)10-22/h6-12,14,16-18,35-36,39H,3,13,15H2,1-2,4-5H3,(H,40,41). The number of hydrogen-bond donors (Lipinski definition) is 4. The number of rotatable bonds is 10. The minimum atomic E-state index is -0.362. The zero-order chi connectivity index (χ0) is 29.1. The number of fused-ring (bicyclic) bond motifs is 1. The van der Waals surface area contributed by atoms with E-state index in [1.165, 1.54) is 18.2 Å². The first-order chi connectivity index (χ1) is 19.7. The van der Waals surface area contributed by atoms with Crippen molar-refractivity contribution in [2.45, 2.75) is 26.8 Å². The highest BCUT2D eigenvalue weighted by molar-refractivity contribution is 5.89. The van der Waals surface area contributed by atoms with Gasteiger partial charge < -0.3 is 20.9 Å². The second kappa shape index (κ2) is 11.9. The summed E-state index contributed by atoms with van der Waals surface area (Å²) in [5.74, 6) is 0.228. The third kappa shape index (κ3) is 6.10. The minimum Gasteiger partial charge on any atom is -0.388 e. The largest absolute Gasteiger partial charge is 0.388 e. The number of halogens is 2. The Morgan fingerprint density at radius 1 is 1.02 bits per heavy atom. The van der Waals surface area contributed by atoms with Crippen molar-refractivity contribution in [3.8, 4) is 22.4 Å². The number of benzene rings is 2. The van der Waals surface area contributed by atoms with Crippen molar-refractivity contribution < 1.29 is 8.78 Å². The van der Waals surface area contributed by atoms with Crippen LogP contribution in [0.1, 0.15) is 30.8 Å². The van der Waals surface area contributed by atoms with E-state index in [9.17, 15) is 4.39 Å². The van der Waals surface area contributed by atoms with Crippen LogP contribution < -0.4 is 16.0 Å². The highest BCUT2D eigenvalue weighted by atomic mass is 19.1. The van der Waals surface area contributed by atoms with Gasteiger partial charge in [0.05, 0.1) is 23.1 Å². The molecule has 0 aliphatic heterocycles. The molecule has 4 N–H and O–H groups in total. The number of aromatic nitrogens is 4. The van der Waals surface area contributed by atoms with Crippen LogP contribution in [-0.4, -0.2) is 34.0 Å². The summed E-state index contributed by atoms with van der Waals surface area (Å²) in [6.45, 7) is 8.68. The molecule has 0 amide bonds. The molecule has 0 bridgehead atoms. The molecule has 0 spiro atoms. The van der Waals surface area contributed by atoms with Gasteiger partial charge in [0.15, 0.2) is 0 Å². The summed E-state index contributed by atoms with van der Waals surface area (Å²) in [5.41, 5.74) is 7.67.